The molecule has 14 heavy (non-hydrogen) atoms. The molecule has 1 atom stereocenters. The van der Waals surface area contributed by atoms with Crippen molar-refractivity contribution in [2.24, 2.45) is 5.73 Å². The average Bonchev–Trinajstić information content (AvgIpc) is 2.58. The molecule has 0 aromatic carbocycles. The van der Waals surface area contributed by atoms with Gasteiger partial charge in [-0.2, -0.15) is 13.2 Å². The van der Waals surface area contributed by atoms with Crippen LogP contribution in [0.2, 0.25) is 0 Å². The number of alkyl halides is 3. The predicted octanol–water partition coefficient (Wildman–Crippen LogP) is 2.80. The molecule has 0 amide bonds. The minimum Gasteiger partial charge on any atom is -0.316 e. The SMILES string of the molecule is NC(c1cc2c(s1)CCC2)C(F)(F)F. The van der Waals surface area contributed by atoms with Crippen molar-refractivity contribution in [1.29, 1.82) is 0 Å². The summed E-state index contributed by atoms with van der Waals surface area (Å²) in [6.45, 7) is 0. The lowest BCUT2D eigenvalue weighted by molar-refractivity contribution is -0.148. The number of hydrogen-bond donors (Lipinski definition) is 1. The summed E-state index contributed by atoms with van der Waals surface area (Å²) in [6.07, 6.45) is -1.46. The van der Waals surface area contributed by atoms with Gasteiger partial charge in [0.1, 0.15) is 6.04 Å². The second-order valence-corrected chi connectivity index (χ2v) is 4.64. The highest BCUT2D eigenvalue weighted by molar-refractivity contribution is 7.12. The summed E-state index contributed by atoms with van der Waals surface area (Å²) in [7, 11) is 0. The van der Waals surface area contributed by atoms with E-state index in [1.165, 1.54) is 11.3 Å². The van der Waals surface area contributed by atoms with Crippen LogP contribution in [-0.4, -0.2) is 6.18 Å². The molecule has 0 aliphatic heterocycles. The van der Waals surface area contributed by atoms with Gasteiger partial charge in [0.2, 0.25) is 0 Å². The van der Waals surface area contributed by atoms with Crippen molar-refractivity contribution in [3.05, 3.63) is 21.4 Å². The van der Waals surface area contributed by atoms with Gasteiger partial charge in [-0.15, -0.1) is 11.3 Å². The summed E-state index contributed by atoms with van der Waals surface area (Å²) in [6, 6.07) is -0.191. The Balaban J connectivity index is 2.25. The normalized spacial score (nSPS) is 18.3. The van der Waals surface area contributed by atoms with Crippen molar-refractivity contribution in [2.45, 2.75) is 31.5 Å². The lowest BCUT2D eigenvalue weighted by Gasteiger charge is -2.13. The molecule has 0 saturated heterocycles. The molecule has 0 bridgehead atoms. The summed E-state index contributed by atoms with van der Waals surface area (Å²) in [5.41, 5.74) is 6.18. The maximum atomic E-state index is 12.3. The van der Waals surface area contributed by atoms with Crippen LogP contribution in [-0.2, 0) is 12.8 Å². The fourth-order valence-electron chi connectivity index (χ4n) is 1.67. The number of halogens is 3. The molecule has 1 unspecified atom stereocenters. The number of fused-ring (bicyclic) bond motifs is 1. The van der Waals surface area contributed by atoms with Gasteiger partial charge in [0.15, 0.2) is 0 Å². The molecule has 1 heterocycles. The summed E-state index contributed by atoms with van der Waals surface area (Å²) < 4.78 is 36.8. The highest BCUT2D eigenvalue weighted by Crippen LogP contribution is 2.38. The Morgan fingerprint density at radius 3 is 2.64 bits per heavy atom. The first-order valence-electron chi connectivity index (χ1n) is 4.42. The summed E-state index contributed by atoms with van der Waals surface area (Å²) >= 11 is 1.21. The Kier molecular flexibility index (Phi) is 2.31. The second kappa shape index (κ2) is 3.24. The summed E-state index contributed by atoms with van der Waals surface area (Å²) in [5, 5.41) is 0. The van der Waals surface area contributed by atoms with Crippen LogP contribution in [0.25, 0.3) is 0 Å². The van der Waals surface area contributed by atoms with Gasteiger partial charge >= 0.3 is 6.18 Å². The van der Waals surface area contributed by atoms with E-state index in [1.807, 2.05) is 0 Å². The lowest BCUT2D eigenvalue weighted by Crippen LogP contribution is -2.27. The molecule has 1 aliphatic carbocycles. The van der Waals surface area contributed by atoms with Gasteiger partial charge in [0, 0.05) is 9.75 Å². The Labute approximate surface area is 83.7 Å². The fourth-order valence-corrected chi connectivity index (χ4v) is 2.95. The molecule has 0 radical (unpaired) electrons. The zero-order valence-electron chi connectivity index (χ0n) is 7.40. The molecule has 0 saturated carbocycles. The van der Waals surface area contributed by atoms with Crippen LogP contribution >= 0.6 is 11.3 Å². The van der Waals surface area contributed by atoms with E-state index in [2.05, 4.69) is 0 Å². The third-order valence-corrected chi connectivity index (χ3v) is 3.75. The number of rotatable bonds is 1. The molecule has 78 valence electrons. The van der Waals surface area contributed by atoms with Gasteiger partial charge in [-0.25, -0.2) is 0 Å². The monoisotopic (exact) mass is 221 g/mol. The Bertz CT molecular complexity index is 321. The molecule has 0 fully saturated rings. The van der Waals surface area contributed by atoms with Crippen LogP contribution in [0.4, 0.5) is 13.2 Å². The first-order chi connectivity index (χ1) is 6.48. The molecule has 5 heteroatoms. The van der Waals surface area contributed by atoms with E-state index >= 15 is 0 Å². The minimum absolute atomic E-state index is 0.252. The number of thiophene rings is 1. The predicted molar refractivity (Wildman–Crippen MR) is 49.3 cm³/mol. The Morgan fingerprint density at radius 2 is 2.07 bits per heavy atom. The van der Waals surface area contributed by atoms with Crippen LogP contribution < -0.4 is 5.73 Å². The molecular formula is C9H10F3NS. The lowest BCUT2D eigenvalue weighted by atomic mass is 10.2. The standard InChI is InChI=1S/C9H10F3NS/c10-9(11,12)8(13)7-4-5-2-1-3-6(5)14-7/h4,8H,1-3,13H2. The van der Waals surface area contributed by atoms with Gasteiger partial charge < -0.3 is 5.73 Å². The van der Waals surface area contributed by atoms with E-state index in [0.29, 0.717) is 0 Å². The van der Waals surface area contributed by atoms with Crippen molar-refractivity contribution in [1.82, 2.24) is 0 Å². The van der Waals surface area contributed by atoms with E-state index < -0.39 is 12.2 Å². The van der Waals surface area contributed by atoms with E-state index in [9.17, 15) is 13.2 Å². The zero-order valence-corrected chi connectivity index (χ0v) is 8.21. The number of nitrogens with two attached hydrogens (primary N) is 1. The van der Waals surface area contributed by atoms with E-state index in [1.54, 1.807) is 6.07 Å². The first-order valence-corrected chi connectivity index (χ1v) is 5.24. The largest absolute Gasteiger partial charge is 0.408 e. The highest BCUT2D eigenvalue weighted by atomic mass is 32.1. The molecule has 1 aromatic heterocycles. The van der Waals surface area contributed by atoms with Crippen LogP contribution in [0.3, 0.4) is 0 Å². The van der Waals surface area contributed by atoms with Crippen LogP contribution in [0.15, 0.2) is 6.07 Å². The first kappa shape index (κ1) is 9.98. The summed E-state index contributed by atoms with van der Waals surface area (Å²) in [4.78, 5) is 1.34. The molecule has 2 N–H and O–H groups in total. The second-order valence-electron chi connectivity index (χ2n) is 3.47. The van der Waals surface area contributed by atoms with Crippen molar-refractivity contribution in [2.75, 3.05) is 0 Å². The van der Waals surface area contributed by atoms with Gasteiger partial charge in [-0.1, -0.05) is 0 Å². The summed E-state index contributed by atoms with van der Waals surface area (Å²) in [5.74, 6) is 0. The van der Waals surface area contributed by atoms with Gasteiger partial charge in [0.05, 0.1) is 0 Å². The molecule has 1 nitrogen and oxygen atoms in total. The average molecular weight is 221 g/mol. The fraction of sp³-hybridized carbons (Fsp3) is 0.556. The van der Waals surface area contributed by atoms with E-state index in [-0.39, 0.29) is 4.88 Å². The van der Waals surface area contributed by atoms with E-state index in [4.69, 9.17) is 5.73 Å². The number of hydrogen-bond acceptors (Lipinski definition) is 2. The highest BCUT2D eigenvalue weighted by Gasteiger charge is 2.39. The van der Waals surface area contributed by atoms with Crippen LogP contribution in [0, 0.1) is 0 Å². The van der Waals surface area contributed by atoms with Crippen LogP contribution in [0.5, 0.6) is 0 Å². The molecule has 2 rings (SSSR count). The Hall–Kier alpha value is -0.550. The van der Waals surface area contributed by atoms with Gasteiger partial charge in [0.25, 0.3) is 0 Å². The third-order valence-electron chi connectivity index (χ3n) is 2.42. The maximum Gasteiger partial charge on any atom is 0.408 e. The van der Waals surface area contributed by atoms with Crippen molar-refractivity contribution in [3.63, 3.8) is 0 Å². The zero-order chi connectivity index (χ0) is 10.3. The Morgan fingerprint density at radius 1 is 1.36 bits per heavy atom. The molecule has 1 aromatic rings. The topological polar surface area (TPSA) is 26.0 Å². The smallest absolute Gasteiger partial charge is 0.316 e. The number of aryl methyl sites for hydroxylation is 2. The third kappa shape index (κ3) is 1.66. The van der Waals surface area contributed by atoms with Crippen molar-refractivity contribution >= 4 is 11.3 Å². The van der Waals surface area contributed by atoms with E-state index in [0.717, 1.165) is 29.7 Å². The van der Waals surface area contributed by atoms with Crippen LogP contribution in [0.1, 0.15) is 27.8 Å². The quantitative estimate of drug-likeness (QED) is 0.775. The molecule has 1 aliphatic rings. The van der Waals surface area contributed by atoms with Crippen molar-refractivity contribution < 1.29 is 13.2 Å². The van der Waals surface area contributed by atoms with Gasteiger partial charge in [-0.05, 0) is 30.9 Å². The van der Waals surface area contributed by atoms with Gasteiger partial charge in [-0.3, -0.25) is 0 Å². The molecular weight excluding hydrogens is 211 g/mol. The minimum atomic E-state index is -4.32. The molecule has 0 spiro atoms. The maximum absolute atomic E-state index is 12.3. The van der Waals surface area contributed by atoms with Crippen molar-refractivity contribution in [3.8, 4) is 0 Å².